The molecule has 0 aromatic heterocycles. The Morgan fingerprint density at radius 3 is 2.84 bits per heavy atom. The van der Waals surface area contributed by atoms with Crippen LogP contribution in [0.3, 0.4) is 0 Å². The smallest absolute Gasteiger partial charge is 0.255 e. The third-order valence-electron chi connectivity index (χ3n) is 6.05. The largest absolute Gasteiger partial charge is 0.495 e. The van der Waals surface area contributed by atoms with Crippen LogP contribution < -0.4 is 4.74 Å². The number of morpholine rings is 1. The molecule has 2 aliphatic heterocycles. The zero-order valence-corrected chi connectivity index (χ0v) is 18.6. The number of hydrogen-bond donors (Lipinski definition) is 0. The minimum absolute atomic E-state index is 0.0761. The maximum Gasteiger partial charge on any atom is 0.255 e. The molecule has 2 aliphatic rings. The van der Waals surface area contributed by atoms with E-state index in [0.29, 0.717) is 49.1 Å². The number of benzene rings is 2. The number of amides is 1. The lowest BCUT2D eigenvalue weighted by Gasteiger charge is -2.53. The fourth-order valence-electron chi connectivity index (χ4n) is 4.23. The molecule has 0 unspecified atom stereocenters. The normalized spacial score (nSPS) is 23.9. The Hall–Kier alpha value is -2.12. The number of ether oxygens (including phenoxy) is 2. The van der Waals surface area contributed by atoms with E-state index in [9.17, 15) is 9.18 Å². The van der Waals surface area contributed by atoms with Gasteiger partial charge in [0.25, 0.3) is 5.91 Å². The Balaban J connectivity index is 1.53. The fourth-order valence-corrected chi connectivity index (χ4v) is 4.70. The van der Waals surface area contributed by atoms with Crippen molar-refractivity contribution in [2.45, 2.75) is 11.6 Å². The highest BCUT2D eigenvalue weighted by atomic mass is 35.5. The number of rotatable bonds is 4. The van der Waals surface area contributed by atoms with Crippen LogP contribution in [0.4, 0.5) is 4.39 Å². The van der Waals surface area contributed by atoms with Crippen LogP contribution in [-0.4, -0.2) is 61.1 Å². The van der Waals surface area contributed by atoms with Crippen LogP contribution in [0, 0.1) is 5.82 Å². The molecular formula is C23H23Cl2FN2O3. The second kappa shape index (κ2) is 8.79. The minimum atomic E-state index is -0.514. The lowest BCUT2D eigenvalue weighted by molar-refractivity contribution is -0.117. The van der Waals surface area contributed by atoms with Crippen molar-refractivity contribution in [1.29, 1.82) is 0 Å². The molecule has 5 nitrogen and oxygen atoms in total. The first-order valence-corrected chi connectivity index (χ1v) is 10.7. The highest BCUT2D eigenvalue weighted by molar-refractivity contribution is 6.35. The maximum atomic E-state index is 13.5. The molecule has 2 atom stereocenters. The van der Waals surface area contributed by atoms with Gasteiger partial charge in [0.05, 0.1) is 41.0 Å². The second-order valence-corrected chi connectivity index (χ2v) is 8.56. The number of fused-ring (bicyclic) bond motifs is 1. The third-order valence-corrected chi connectivity index (χ3v) is 6.73. The predicted octanol–water partition coefficient (Wildman–Crippen LogP) is 4.60. The van der Waals surface area contributed by atoms with Crippen molar-refractivity contribution in [3.8, 4) is 5.75 Å². The number of carbonyl (C=O) groups excluding carboxylic acids is 1. The summed E-state index contributed by atoms with van der Waals surface area (Å²) in [6.07, 6.45) is 1.61. The van der Waals surface area contributed by atoms with Gasteiger partial charge in [-0.1, -0.05) is 41.4 Å². The Kier molecular flexibility index (Phi) is 6.26. The highest BCUT2D eigenvalue weighted by Gasteiger charge is 2.45. The molecule has 31 heavy (non-hydrogen) atoms. The molecule has 0 saturated carbocycles. The van der Waals surface area contributed by atoms with Crippen molar-refractivity contribution in [3.05, 3.63) is 76.0 Å². The highest BCUT2D eigenvalue weighted by Crippen LogP contribution is 2.36. The van der Waals surface area contributed by atoms with Gasteiger partial charge in [-0.05, 0) is 29.8 Å². The zero-order valence-electron chi connectivity index (χ0n) is 17.1. The quantitative estimate of drug-likeness (QED) is 0.620. The van der Waals surface area contributed by atoms with Gasteiger partial charge in [-0.3, -0.25) is 9.69 Å². The van der Waals surface area contributed by atoms with Gasteiger partial charge >= 0.3 is 0 Å². The molecule has 2 fully saturated rings. The molecule has 8 heteroatoms. The lowest BCUT2D eigenvalue weighted by Crippen LogP contribution is -2.67. The molecule has 0 aliphatic carbocycles. The van der Waals surface area contributed by atoms with E-state index >= 15 is 0 Å². The molecule has 1 amide bonds. The van der Waals surface area contributed by atoms with E-state index < -0.39 is 11.4 Å². The Morgan fingerprint density at radius 2 is 2.13 bits per heavy atom. The predicted molar refractivity (Wildman–Crippen MR) is 119 cm³/mol. The van der Waals surface area contributed by atoms with Crippen LogP contribution in [0.2, 0.25) is 10.0 Å². The van der Waals surface area contributed by atoms with Crippen LogP contribution in [0.1, 0.15) is 22.0 Å². The second-order valence-electron chi connectivity index (χ2n) is 7.78. The van der Waals surface area contributed by atoms with Gasteiger partial charge < -0.3 is 14.4 Å². The van der Waals surface area contributed by atoms with Crippen LogP contribution in [-0.2, 0) is 4.74 Å². The van der Waals surface area contributed by atoms with Crippen molar-refractivity contribution >= 4 is 29.1 Å². The first kappa shape index (κ1) is 22.1. The average Bonchev–Trinajstić information content (AvgIpc) is 2.79. The lowest BCUT2D eigenvalue weighted by atomic mass is 9.90. The number of hydrogen-bond acceptors (Lipinski definition) is 4. The van der Waals surface area contributed by atoms with Gasteiger partial charge in [0.15, 0.2) is 0 Å². The summed E-state index contributed by atoms with van der Waals surface area (Å²) in [5.41, 5.74) is 0.717. The molecule has 0 bridgehead atoms. The van der Waals surface area contributed by atoms with Crippen molar-refractivity contribution in [3.63, 3.8) is 0 Å². The van der Waals surface area contributed by atoms with Crippen LogP contribution >= 0.6 is 23.2 Å². The van der Waals surface area contributed by atoms with E-state index in [-0.39, 0.29) is 17.0 Å². The number of carbonyl (C=O) groups is 1. The molecule has 0 spiro atoms. The first-order chi connectivity index (χ1) is 14.9. The summed E-state index contributed by atoms with van der Waals surface area (Å²) in [6.45, 7) is 6.58. The Bertz CT molecular complexity index is 1020. The van der Waals surface area contributed by atoms with E-state index in [2.05, 4.69) is 11.5 Å². The number of piperazine rings is 1. The average molecular weight is 465 g/mol. The fraction of sp³-hybridized carbons (Fsp3) is 0.348. The minimum Gasteiger partial charge on any atom is -0.495 e. The molecule has 0 radical (unpaired) electrons. The van der Waals surface area contributed by atoms with E-state index in [1.807, 2.05) is 6.08 Å². The molecule has 2 saturated heterocycles. The summed E-state index contributed by atoms with van der Waals surface area (Å²) >= 11 is 12.3. The number of nitrogens with zero attached hydrogens (tertiary/aromatic N) is 2. The molecule has 2 aromatic carbocycles. The van der Waals surface area contributed by atoms with E-state index in [0.717, 1.165) is 5.56 Å². The van der Waals surface area contributed by atoms with Gasteiger partial charge in [0, 0.05) is 26.2 Å². The van der Waals surface area contributed by atoms with Crippen LogP contribution in [0.5, 0.6) is 5.75 Å². The van der Waals surface area contributed by atoms with Crippen LogP contribution in [0.15, 0.2) is 49.1 Å². The van der Waals surface area contributed by atoms with E-state index in [4.69, 9.17) is 32.7 Å². The number of halogens is 3. The molecule has 2 heterocycles. The van der Waals surface area contributed by atoms with Crippen molar-refractivity contribution in [1.82, 2.24) is 9.80 Å². The van der Waals surface area contributed by atoms with Gasteiger partial charge in [-0.15, -0.1) is 6.58 Å². The van der Waals surface area contributed by atoms with Crippen LogP contribution in [0.25, 0.3) is 0 Å². The topological polar surface area (TPSA) is 42.0 Å². The molecule has 4 rings (SSSR count). The standard InChI is InChI=1S/C23H23Cl2FN2O3/c1-3-23-13-27(22(29)16-5-4-6-19(30-2)21(16)25)9-10-28(23)12-20(31-14-23)15-7-8-18(26)17(24)11-15/h3-8,11,20H,1,9-10,12-14H2,2H3/t20-,23-/m0/s1. The van der Waals surface area contributed by atoms with Gasteiger partial charge in [-0.25, -0.2) is 4.39 Å². The number of methoxy groups -OCH3 is 1. The summed E-state index contributed by atoms with van der Waals surface area (Å²) in [7, 11) is 1.52. The Morgan fingerprint density at radius 1 is 1.32 bits per heavy atom. The van der Waals surface area contributed by atoms with Gasteiger partial charge in [0.1, 0.15) is 11.6 Å². The summed E-state index contributed by atoms with van der Waals surface area (Å²) in [6, 6.07) is 9.82. The van der Waals surface area contributed by atoms with E-state index in [1.165, 1.54) is 13.2 Å². The zero-order chi connectivity index (χ0) is 22.2. The monoisotopic (exact) mass is 464 g/mol. The van der Waals surface area contributed by atoms with E-state index in [1.54, 1.807) is 35.2 Å². The van der Waals surface area contributed by atoms with Crippen molar-refractivity contribution in [2.24, 2.45) is 0 Å². The molecule has 2 aromatic rings. The van der Waals surface area contributed by atoms with Gasteiger partial charge in [-0.2, -0.15) is 0 Å². The summed E-state index contributed by atoms with van der Waals surface area (Å²) in [4.78, 5) is 17.3. The van der Waals surface area contributed by atoms with Crippen molar-refractivity contribution < 1.29 is 18.7 Å². The summed E-state index contributed by atoms with van der Waals surface area (Å²) < 4.78 is 24.9. The first-order valence-electron chi connectivity index (χ1n) is 9.95. The van der Waals surface area contributed by atoms with Crippen molar-refractivity contribution in [2.75, 3.05) is 39.9 Å². The third kappa shape index (κ3) is 4.05. The Labute approximate surface area is 190 Å². The SMILES string of the molecule is C=C[C@]12CO[C@H](c3ccc(F)c(Cl)c3)CN1CCN(C(=O)c1cccc(OC)c1Cl)C2. The summed E-state index contributed by atoms with van der Waals surface area (Å²) in [5, 5.41) is 0.380. The van der Waals surface area contributed by atoms with Gasteiger partial charge in [0.2, 0.25) is 0 Å². The molecule has 164 valence electrons. The molecule has 0 N–H and O–H groups in total. The summed E-state index contributed by atoms with van der Waals surface area (Å²) in [5.74, 6) is -0.145. The maximum absolute atomic E-state index is 13.5. The molecular weight excluding hydrogens is 442 g/mol.